The van der Waals surface area contributed by atoms with Crippen molar-refractivity contribution in [3.8, 4) is 5.75 Å². The van der Waals surface area contributed by atoms with E-state index in [1.165, 1.54) is 0 Å². The van der Waals surface area contributed by atoms with Crippen molar-refractivity contribution in [1.82, 2.24) is 5.01 Å². The van der Waals surface area contributed by atoms with E-state index in [4.69, 9.17) is 79.1 Å². The van der Waals surface area contributed by atoms with Crippen molar-refractivity contribution < 1.29 is 9.47 Å². The number of methoxy groups -OCH3 is 1. The summed E-state index contributed by atoms with van der Waals surface area (Å²) in [6, 6.07) is 6.90. The summed E-state index contributed by atoms with van der Waals surface area (Å²) in [5.41, 5.74) is 0.648. The van der Waals surface area contributed by atoms with Crippen LogP contribution >= 0.6 is 69.6 Å². The maximum absolute atomic E-state index is 5.87. The van der Waals surface area contributed by atoms with E-state index in [-0.39, 0.29) is 5.90 Å². The molecule has 116 valence electrons. The van der Waals surface area contributed by atoms with Crippen LogP contribution in [0.5, 0.6) is 5.75 Å². The van der Waals surface area contributed by atoms with Gasteiger partial charge in [-0.05, 0) is 24.3 Å². The van der Waals surface area contributed by atoms with Gasteiger partial charge in [0.25, 0.3) is 13.6 Å². The number of hydrogen-bond donors (Lipinski definition) is 0. The van der Waals surface area contributed by atoms with Gasteiger partial charge in [-0.15, -0.1) is 5.10 Å². The number of ether oxygens (including phenoxy) is 2. The molecule has 0 spiro atoms. The van der Waals surface area contributed by atoms with Gasteiger partial charge in [-0.25, -0.2) is 5.01 Å². The lowest BCUT2D eigenvalue weighted by Crippen LogP contribution is -2.31. The fourth-order valence-electron chi connectivity index (χ4n) is 1.62. The Balaban J connectivity index is 2.34. The van der Waals surface area contributed by atoms with Gasteiger partial charge in [-0.2, -0.15) is 0 Å². The first-order valence-electron chi connectivity index (χ1n) is 5.45. The fourth-order valence-corrected chi connectivity index (χ4v) is 2.25. The summed E-state index contributed by atoms with van der Waals surface area (Å²) in [7, 11) is 1.55. The molecular formula is C11H8Cl6N2O2. The van der Waals surface area contributed by atoms with Crippen molar-refractivity contribution >= 4 is 75.5 Å². The van der Waals surface area contributed by atoms with Crippen LogP contribution in [0.4, 0.5) is 0 Å². The highest BCUT2D eigenvalue weighted by Gasteiger charge is 2.46. The topological polar surface area (TPSA) is 34.1 Å². The van der Waals surface area contributed by atoms with Crippen LogP contribution in [-0.4, -0.2) is 25.7 Å². The fraction of sp³-hybridized carbons (Fsp3) is 0.364. The van der Waals surface area contributed by atoms with Gasteiger partial charge in [-0.1, -0.05) is 69.6 Å². The number of hydrazone groups is 1. The number of nitrogens with zero attached hydrogens (tertiary/aromatic N) is 2. The van der Waals surface area contributed by atoms with Gasteiger partial charge < -0.3 is 9.47 Å². The summed E-state index contributed by atoms with van der Waals surface area (Å²) >= 11 is 34.9. The molecule has 0 radical (unpaired) electrons. The first-order valence-corrected chi connectivity index (χ1v) is 7.72. The maximum atomic E-state index is 5.87. The summed E-state index contributed by atoms with van der Waals surface area (Å²) in [5.74, 6) is 0.486. The average Bonchev–Trinajstić information content (AvgIpc) is 2.83. The van der Waals surface area contributed by atoms with E-state index in [2.05, 4.69) is 5.10 Å². The van der Waals surface area contributed by atoms with Crippen LogP contribution in [-0.2, 0) is 4.74 Å². The Morgan fingerprint density at radius 1 is 1.10 bits per heavy atom. The zero-order chi connectivity index (χ0) is 15.8. The van der Waals surface area contributed by atoms with Gasteiger partial charge in [0.1, 0.15) is 5.75 Å². The van der Waals surface area contributed by atoms with E-state index in [9.17, 15) is 0 Å². The third-order valence-corrected chi connectivity index (χ3v) is 3.55. The molecule has 1 heterocycles. The zero-order valence-electron chi connectivity index (χ0n) is 10.4. The molecule has 1 aromatic rings. The highest BCUT2D eigenvalue weighted by atomic mass is 35.6. The third-order valence-electron chi connectivity index (χ3n) is 2.55. The molecule has 0 aromatic heterocycles. The van der Waals surface area contributed by atoms with E-state index in [1.807, 2.05) is 0 Å². The van der Waals surface area contributed by atoms with Crippen LogP contribution in [0.2, 0.25) is 0 Å². The van der Waals surface area contributed by atoms with Crippen molar-refractivity contribution in [3.63, 3.8) is 0 Å². The second-order valence-electron chi connectivity index (χ2n) is 3.96. The van der Waals surface area contributed by atoms with Crippen molar-refractivity contribution in [3.05, 3.63) is 29.8 Å². The highest BCUT2D eigenvalue weighted by Crippen LogP contribution is 2.45. The Kier molecular flexibility index (Phi) is 5.19. The third kappa shape index (κ3) is 4.06. The molecule has 0 bridgehead atoms. The van der Waals surface area contributed by atoms with E-state index < -0.39 is 13.9 Å². The van der Waals surface area contributed by atoms with Crippen LogP contribution < -0.4 is 4.74 Å². The predicted molar refractivity (Wildman–Crippen MR) is 86.7 cm³/mol. The summed E-state index contributed by atoms with van der Waals surface area (Å²) in [4.78, 5) is 0. The Morgan fingerprint density at radius 3 is 2.10 bits per heavy atom. The van der Waals surface area contributed by atoms with Gasteiger partial charge in [0.15, 0.2) is 0 Å². The van der Waals surface area contributed by atoms with Crippen molar-refractivity contribution in [1.29, 1.82) is 0 Å². The lowest BCUT2D eigenvalue weighted by Gasteiger charge is -2.28. The molecule has 0 fully saturated rings. The van der Waals surface area contributed by atoms with E-state index in [1.54, 1.807) is 31.4 Å². The smallest absolute Gasteiger partial charge is 0.286 e. The largest absolute Gasteiger partial charge is 0.497 e. The average molecular weight is 413 g/mol. The van der Waals surface area contributed by atoms with Crippen LogP contribution in [0.3, 0.4) is 0 Å². The summed E-state index contributed by atoms with van der Waals surface area (Å²) in [6.45, 7) is 0. The minimum Gasteiger partial charge on any atom is -0.497 e. The molecule has 2 rings (SSSR count). The summed E-state index contributed by atoms with van der Waals surface area (Å²) < 4.78 is 6.85. The SMILES string of the molecule is COc1ccc(C2OC(C(Cl)(Cl)Cl)=NN2C(Cl)(Cl)Cl)cc1. The molecule has 10 heteroatoms. The van der Waals surface area contributed by atoms with Crippen LogP contribution in [0.25, 0.3) is 0 Å². The lowest BCUT2D eigenvalue weighted by molar-refractivity contribution is 0.0523. The molecule has 1 atom stereocenters. The standard InChI is InChI=1S/C11H8Cl6N2O2/c1-20-7-4-2-6(3-5-7)8-19(11(15,16)17)18-9(21-8)10(12,13)14/h2-5,8H,1H3. The molecule has 0 saturated heterocycles. The molecule has 1 aliphatic heterocycles. The van der Waals surface area contributed by atoms with Crippen LogP contribution in [0.15, 0.2) is 29.4 Å². The maximum Gasteiger partial charge on any atom is 0.286 e. The molecule has 0 amide bonds. The number of benzene rings is 1. The Labute approximate surface area is 151 Å². The molecule has 1 aromatic carbocycles. The monoisotopic (exact) mass is 410 g/mol. The van der Waals surface area contributed by atoms with Crippen molar-refractivity contribution in [2.24, 2.45) is 5.10 Å². The molecule has 0 N–H and O–H groups in total. The minimum absolute atomic E-state index is 0.181. The van der Waals surface area contributed by atoms with E-state index >= 15 is 0 Å². The van der Waals surface area contributed by atoms with Gasteiger partial charge in [0.2, 0.25) is 6.23 Å². The molecule has 1 aliphatic rings. The van der Waals surface area contributed by atoms with Crippen molar-refractivity contribution in [2.75, 3.05) is 7.11 Å². The van der Waals surface area contributed by atoms with E-state index in [0.29, 0.717) is 11.3 Å². The van der Waals surface area contributed by atoms with Crippen LogP contribution in [0, 0.1) is 0 Å². The second kappa shape index (κ2) is 6.26. The number of alkyl halides is 6. The number of halogens is 6. The second-order valence-corrected chi connectivity index (χ2v) is 8.46. The lowest BCUT2D eigenvalue weighted by atomic mass is 10.2. The molecule has 0 aliphatic carbocycles. The molecule has 1 unspecified atom stereocenters. The van der Waals surface area contributed by atoms with Gasteiger partial charge in [-0.3, -0.25) is 0 Å². The van der Waals surface area contributed by atoms with Gasteiger partial charge >= 0.3 is 0 Å². The summed E-state index contributed by atoms with van der Waals surface area (Å²) in [5, 5.41) is 5.02. The molecular weight excluding hydrogens is 405 g/mol. The Morgan fingerprint density at radius 2 is 1.67 bits per heavy atom. The summed E-state index contributed by atoms with van der Waals surface area (Å²) in [6.07, 6.45) is -0.839. The first-order chi connectivity index (χ1) is 9.63. The normalized spacial score (nSPS) is 19.3. The molecule has 21 heavy (non-hydrogen) atoms. The van der Waals surface area contributed by atoms with Gasteiger partial charge in [0.05, 0.1) is 7.11 Å². The quantitative estimate of drug-likeness (QED) is 0.504. The highest BCUT2D eigenvalue weighted by molar-refractivity contribution is 6.76. The predicted octanol–water partition coefficient (Wildman–Crippen LogP) is 5.04. The van der Waals surface area contributed by atoms with Crippen molar-refractivity contribution in [2.45, 2.75) is 13.9 Å². The molecule has 0 saturated carbocycles. The molecule has 4 nitrogen and oxygen atoms in total. The number of rotatable bonds is 2. The Hall–Kier alpha value is 0.0300. The van der Waals surface area contributed by atoms with E-state index in [0.717, 1.165) is 5.01 Å². The Bertz CT molecular complexity index is 537. The minimum atomic E-state index is -1.87. The first kappa shape index (κ1) is 17.4. The zero-order valence-corrected chi connectivity index (χ0v) is 14.9. The number of hydrogen-bond acceptors (Lipinski definition) is 4. The van der Waals surface area contributed by atoms with Gasteiger partial charge in [0, 0.05) is 5.56 Å². The van der Waals surface area contributed by atoms with Crippen LogP contribution in [0.1, 0.15) is 11.8 Å².